The lowest BCUT2D eigenvalue weighted by molar-refractivity contribution is 0.269. The van der Waals surface area contributed by atoms with Crippen LogP contribution in [0.2, 0.25) is 0 Å². The normalized spacial score (nSPS) is 19.7. The smallest absolute Gasteiger partial charge is 0.124 e. The van der Waals surface area contributed by atoms with Gasteiger partial charge in [0, 0.05) is 18.0 Å². The lowest BCUT2D eigenvalue weighted by atomic mass is 9.98. The predicted octanol–water partition coefficient (Wildman–Crippen LogP) is 2.62. The molecule has 2 N–H and O–H groups in total. The van der Waals surface area contributed by atoms with E-state index in [0.717, 1.165) is 24.3 Å². The van der Waals surface area contributed by atoms with Crippen LogP contribution in [0.15, 0.2) is 36.4 Å². The molecule has 0 spiro atoms. The van der Waals surface area contributed by atoms with Crippen molar-refractivity contribution >= 4 is 10.8 Å². The van der Waals surface area contributed by atoms with Crippen molar-refractivity contribution in [3.8, 4) is 5.75 Å². The third kappa shape index (κ3) is 1.38. The van der Waals surface area contributed by atoms with Crippen molar-refractivity contribution in [2.45, 2.75) is 12.5 Å². The summed E-state index contributed by atoms with van der Waals surface area (Å²) in [6.07, 6.45) is 0.908. The van der Waals surface area contributed by atoms with Crippen LogP contribution < -0.4 is 10.5 Å². The van der Waals surface area contributed by atoms with Gasteiger partial charge in [-0.15, -0.1) is 0 Å². The minimum absolute atomic E-state index is 0.123. The number of hydrogen-bond acceptors (Lipinski definition) is 2. The van der Waals surface area contributed by atoms with Crippen LogP contribution in [0.25, 0.3) is 10.8 Å². The molecule has 15 heavy (non-hydrogen) atoms. The molecule has 1 aliphatic heterocycles. The number of fused-ring (bicyclic) bond motifs is 2. The molecule has 1 heterocycles. The molecule has 0 aromatic heterocycles. The van der Waals surface area contributed by atoms with E-state index in [1.807, 2.05) is 12.1 Å². The van der Waals surface area contributed by atoms with Gasteiger partial charge < -0.3 is 10.5 Å². The number of nitrogens with two attached hydrogens (primary N) is 1. The number of rotatable bonds is 0. The van der Waals surface area contributed by atoms with Crippen molar-refractivity contribution in [1.82, 2.24) is 0 Å². The van der Waals surface area contributed by atoms with Gasteiger partial charge in [0.1, 0.15) is 5.75 Å². The molecule has 0 saturated carbocycles. The second-order valence-corrected chi connectivity index (χ2v) is 3.98. The fourth-order valence-corrected chi connectivity index (χ4v) is 2.10. The van der Waals surface area contributed by atoms with Gasteiger partial charge in [0.2, 0.25) is 0 Å². The molecule has 0 fully saturated rings. The summed E-state index contributed by atoms with van der Waals surface area (Å²) in [6.45, 7) is 0.729. The molecule has 2 nitrogen and oxygen atoms in total. The summed E-state index contributed by atoms with van der Waals surface area (Å²) in [4.78, 5) is 0. The zero-order chi connectivity index (χ0) is 10.3. The van der Waals surface area contributed by atoms with Gasteiger partial charge in [-0.3, -0.25) is 0 Å². The van der Waals surface area contributed by atoms with Crippen molar-refractivity contribution < 1.29 is 4.74 Å². The maximum Gasteiger partial charge on any atom is 0.124 e. The van der Waals surface area contributed by atoms with E-state index >= 15 is 0 Å². The van der Waals surface area contributed by atoms with Gasteiger partial charge in [0.05, 0.1) is 6.61 Å². The Hall–Kier alpha value is -1.54. The van der Waals surface area contributed by atoms with Crippen LogP contribution in [-0.4, -0.2) is 6.61 Å². The average Bonchev–Trinajstić information content (AvgIpc) is 2.27. The van der Waals surface area contributed by atoms with Gasteiger partial charge in [-0.1, -0.05) is 24.3 Å². The first-order valence-electron chi connectivity index (χ1n) is 5.26. The van der Waals surface area contributed by atoms with Crippen LogP contribution in [-0.2, 0) is 0 Å². The second kappa shape index (κ2) is 3.24. The van der Waals surface area contributed by atoms with Crippen LogP contribution in [0, 0.1) is 0 Å². The van der Waals surface area contributed by atoms with Gasteiger partial charge in [0.15, 0.2) is 0 Å². The summed E-state index contributed by atoms with van der Waals surface area (Å²) in [5.74, 6) is 0.951. The molecule has 1 atom stereocenters. The van der Waals surface area contributed by atoms with Crippen molar-refractivity contribution in [1.29, 1.82) is 0 Å². The van der Waals surface area contributed by atoms with E-state index in [1.54, 1.807) is 0 Å². The standard InChI is InChI=1S/C13H13NO/c14-12-5-6-15-13-8-10-4-2-1-3-9(10)7-11(12)13/h1-4,7-8,12H,5-6,14H2. The topological polar surface area (TPSA) is 35.2 Å². The number of benzene rings is 2. The zero-order valence-corrected chi connectivity index (χ0v) is 8.44. The molecule has 2 aromatic rings. The Labute approximate surface area is 88.7 Å². The van der Waals surface area contributed by atoms with Crippen LogP contribution in [0.5, 0.6) is 5.75 Å². The highest BCUT2D eigenvalue weighted by Gasteiger charge is 2.18. The zero-order valence-electron chi connectivity index (χ0n) is 8.44. The van der Waals surface area contributed by atoms with Crippen LogP contribution in [0.3, 0.4) is 0 Å². The molecular formula is C13H13NO. The molecule has 1 aliphatic rings. The molecule has 1 unspecified atom stereocenters. The van der Waals surface area contributed by atoms with E-state index in [0.29, 0.717) is 0 Å². The van der Waals surface area contributed by atoms with Crippen LogP contribution in [0.4, 0.5) is 0 Å². The summed E-state index contributed by atoms with van der Waals surface area (Å²) in [5, 5.41) is 2.45. The maximum atomic E-state index is 6.06. The molecule has 0 radical (unpaired) electrons. The third-order valence-corrected chi connectivity index (χ3v) is 2.96. The van der Waals surface area contributed by atoms with Crippen molar-refractivity contribution in [2.24, 2.45) is 5.73 Å². The quantitative estimate of drug-likeness (QED) is 0.707. The largest absolute Gasteiger partial charge is 0.493 e. The Morgan fingerprint density at radius 2 is 1.87 bits per heavy atom. The molecule has 0 saturated heterocycles. The van der Waals surface area contributed by atoms with Gasteiger partial charge >= 0.3 is 0 Å². The first-order chi connectivity index (χ1) is 7.34. The number of hydrogen-bond donors (Lipinski definition) is 1. The van der Waals surface area contributed by atoms with Crippen molar-refractivity contribution in [3.05, 3.63) is 42.0 Å². The predicted molar refractivity (Wildman–Crippen MR) is 61.0 cm³/mol. The van der Waals surface area contributed by atoms with Gasteiger partial charge in [0.25, 0.3) is 0 Å². The van der Waals surface area contributed by atoms with Gasteiger partial charge in [-0.2, -0.15) is 0 Å². The summed E-state index contributed by atoms with van der Waals surface area (Å²) in [5.41, 5.74) is 7.20. The maximum absolute atomic E-state index is 6.06. The Morgan fingerprint density at radius 3 is 2.67 bits per heavy atom. The van der Waals surface area contributed by atoms with E-state index < -0.39 is 0 Å². The van der Waals surface area contributed by atoms with Crippen LogP contribution >= 0.6 is 0 Å². The van der Waals surface area contributed by atoms with E-state index in [9.17, 15) is 0 Å². The average molecular weight is 199 g/mol. The van der Waals surface area contributed by atoms with Crippen molar-refractivity contribution in [2.75, 3.05) is 6.61 Å². The van der Waals surface area contributed by atoms with E-state index in [4.69, 9.17) is 10.5 Å². The molecule has 0 bridgehead atoms. The monoisotopic (exact) mass is 199 g/mol. The van der Waals surface area contributed by atoms with E-state index in [1.165, 1.54) is 10.8 Å². The Balaban J connectivity index is 2.27. The lowest BCUT2D eigenvalue weighted by Gasteiger charge is -2.23. The summed E-state index contributed by atoms with van der Waals surface area (Å²) in [7, 11) is 0. The minimum Gasteiger partial charge on any atom is -0.493 e. The summed E-state index contributed by atoms with van der Waals surface area (Å²) >= 11 is 0. The molecule has 3 rings (SSSR count). The SMILES string of the molecule is NC1CCOc2cc3ccccc3cc21. The molecular weight excluding hydrogens is 186 g/mol. The highest BCUT2D eigenvalue weighted by atomic mass is 16.5. The highest BCUT2D eigenvalue weighted by Crippen LogP contribution is 2.33. The Morgan fingerprint density at radius 1 is 1.13 bits per heavy atom. The fraction of sp³-hybridized carbons (Fsp3) is 0.231. The molecule has 0 amide bonds. The Kier molecular flexibility index (Phi) is 1.89. The third-order valence-electron chi connectivity index (χ3n) is 2.96. The lowest BCUT2D eigenvalue weighted by Crippen LogP contribution is -2.20. The summed E-state index contributed by atoms with van der Waals surface area (Å²) < 4.78 is 5.62. The van der Waals surface area contributed by atoms with Gasteiger partial charge in [-0.25, -0.2) is 0 Å². The highest BCUT2D eigenvalue weighted by molar-refractivity contribution is 5.85. The second-order valence-electron chi connectivity index (χ2n) is 3.98. The first-order valence-corrected chi connectivity index (χ1v) is 5.26. The molecule has 2 aromatic carbocycles. The molecule has 76 valence electrons. The minimum atomic E-state index is 0.123. The van der Waals surface area contributed by atoms with E-state index in [-0.39, 0.29) is 6.04 Å². The molecule has 0 aliphatic carbocycles. The first kappa shape index (κ1) is 8.74. The fourth-order valence-electron chi connectivity index (χ4n) is 2.10. The summed E-state index contributed by atoms with van der Waals surface area (Å²) in [6, 6.07) is 12.6. The Bertz CT molecular complexity index is 507. The number of ether oxygens (including phenoxy) is 1. The van der Waals surface area contributed by atoms with Crippen LogP contribution in [0.1, 0.15) is 18.0 Å². The van der Waals surface area contributed by atoms with E-state index in [2.05, 4.69) is 24.3 Å². The van der Waals surface area contributed by atoms with Crippen molar-refractivity contribution in [3.63, 3.8) is 0 Å². The molecule has 2 heteroatoms. The van der Waals surface area contributed by atoms with Gasteiger partial charge in [-0.05, 0) is 22.9 Å².